The summed E-state index contributed by atoms with van der Waals surface area (Å²) in [5.41, 5.74) is 0. The van der Waals surface area contributed by atoms with Gasteiger partial charge in [0.25, 0.3) is 0 Å². The van der Waals surface area contributed by atoms with Crippen molar-refractivity contribution in [1.29, 1.82) is 0 Å². The molecule has 0 saturated heterocycles. The number of hydrogen-bond donors (Lipinski definition) is 0. The van der Waals surface area contributed by atoms with Crippen molar-refractivity contribution in [3.05, 3.63) is 12.2 Å². The van der Waals surface area contributed by atoms with Crippen LogP contribution in [0.3, 0.4) is 0 Å². The molecule has 1 heteroatoms. The molecule has 0 saturated carbocycles. The highest BCUT2D eigenvalue weighted by molar-refractivity contribution is 6.08. The van der Waals surface area contributed by atoms with Gasteiger partial charge in [0.2, 0.25) is 21.7 Å². The molecule has 0 amide bonds. The number of hydrogen-bond acceptors (Lipinski definition) is 0. The van der Waals surface area contributed by atoms with Gasteiger partial charge in [0.15, 0.2) is 0 Å². The maximum Gasteiger partial charge on any atom is 0.222 e. The summed E-state index contributed by atoms with van der Waals surface area (Å²) in [7, 11) is 0. The second kappa shape index (κ2) is 5.51. The fourth-order valence-corrected chi connectivity index (χ4v) is 0.520. The first kappa shape index (κ1) is 6.51. The Morgan fingerprint density at radius 2 is 2.33 bits per heavy atom. The molecule has 0 heterocycles. The standard InChI is InChI=1S/C5H9.Mg/c1-3-5-4-2;/h4-5H,1,3H2,2H3;/b5-4-;. The minimum atomic E-state index is 1.24. The molecule has 0 atom stereocenters. The average molecular weight is 93.4 g/mol. The smallest absolute Gasteiger partial charge is 0.174 e. The minimum Gasteiger partial charge on any atom is -0.174 e. The van der Waals surface area contributed by atoms with Gasteiger partial charge in [-0.05, 0) is 6.92 Å². The molecule has 31 valence electrons. The normalized spacial score (nSPS) is 10.0. The van der Waals surface area contributed by atoms with E-state index in [4.69, 9.17) is 0 Å². The van der Waals surface area contributed by atoms with Crippen LogP contribution in [0.2, 0.25) is 4.55 Å². The van der Waals surface area contributed by atoms with Gasteiger partial charge in [-0.25, -0.2) is 0 Å². The summed E-state index contributed by atoms with van der Waals surface area (Å²) in [4.78, 5) is 0. The van der Waals surface area contributed by atoms with Crippen molar-refractivity contribution < 1.29 is 0 Å². The fraction of sp³-hybridized carbons (Fsp3) is 0.600. The predicted octanol–water partition coefficient (Wildman–Crippen LogP) is 1.54. The molecule has 0 rings (SSSR count). The SMILES string of the molecule is C/C=C\C[CH2][Mg]. The Labute approximate surface area is 52.1 Å². The van der Waals surface area contributed by atoms with Gasteiger partial charge in [-0.3, -0.25) is 0 Å². The van der Waals surface area contributed by atoms with Gasteiger partial charge in [-0.15, -0.1) is 0 Å². The third-order valence-corrected chi connectivity index (χ3v) is 1.01. The Bertz CT molecular complexity index is 39.2. The van der Waals surface area contributed by atoms with Crippen LogP contribution in [0.15, 0.2) is 12.2 Å². The van der Waals surface area contributed by atoms with E-state index in [-0.39, 0.29) is 0 Å². The predicted molar refractivity (Wildman–Crippen MR) is 30.0 cm³/mol. The molecule has 0 fully saturated rings. The molecule has 6 heavy (non-hydrogen) atoms. The Kier molecular flexibility index (Phi) is 5.97. The van der Waals surface area contributed by atoms with E-state index in [9.17, 15) is 0 Å². The third-order valence-electron chi connectivity index (χ3n) is 0.606. The zero-order valence-corrected chi connectivity index (χ0v) is 5.69. The quantitative estimate of drug-likeness (QED) is 0.359. The summed E-state index contributed by atoms with van der Waals surface area (Å²) in [6, 6.07) is 0. The first-order valence-electron chi connectivity index (χ1n) is 2.32. The lowest BCUT2D eigenvalue weighted by molar-refractivity contribution is 1.21. The maximum atomic E-state index is 2.19. The van der Waals surface area contributed by atoms with E-state index in [1.165, 1.54) is 11.0 Å². The highest BCUT2D eigenvalue weighted by Gasteiger charge is 1.63. The Morgan fingerprint density at radius 1 is 1.67 bits per heavy atom. The van der Waals surface area contributed by atoms with E-state index < -0.39 is 0 Å². The maximum absolute atomic E-state index is 2.19. The Balaban J connectivity index is 2.66. The van der Waals surface area contributed by atoms with Crippen molar-refractivity contribution >= 4 is 21.7 Å². The lowest BCUT2D eigenvalue weighted by Crippen LogP contribution is -1.60. The second-order valence-electron chi connectivity index (χ2n) is 1.21. The van der Waals surface area contributed by atoms with E-state index in [0.29, 0.717) is 0 Å². The fourth-order valence-electron chi connectivity index (χ4n) is 0.285. The lowest BCUT2D eigenvalue weighted by Gasteiger charge is -1.78. The van der Waals surface area contributed by atoms with E-state index >= 15 is 0 Å². The summed E-state index contributed by atoms with van der Waals surface area (Å²) in [6.07, 6.45) is 5.52. The molecule has 0 aromatic rings. The molecule has 0 aromatic carbocycles. The van der Waals surface area contributed by atoms with Gasteiger partial charge in [0.05, 0.1) is 0 Å². The van der Waals surface area contributed by atoms with Gasteiger partial charge in [0, 0.05) is 0 Å². The van der Waals surface area contributed by atoms with Crippen LogP contribution >= 0.6 is 0 Å². The number of rotatable bonds is 2. The van der Waals surface area contributed by atoms with E-state index in [0.717, 1.165) is 0 Å². The molecule has 0 aliphatic carbocycles. The molecule has 0 aromatic heterocycles. The zero-order chi connectivity index (χ0) is 4.83. The van der Waals surface area contributed by atoms with Crippen molar-refractivity contribution in [1.82, 2.24) is 0 Å². The highest BCUT2D eigenvalue weighted by atomic mass is 24.4. The molecule has 0 aliphatic heterocycles. The van der Waals surface area contributed by atoms with Crippen molar-refractivity contribution in [2.75, 3.05) is 0 Å². The molecule has 0 aliphatic rings. The van der Waals surface area contributed by atoms with Gasteiger partial charge >= 0.3 is 0 Å². The molecule has 1 radical (unpaired) electrons. The third kappa shape index (κ3) is 4.51. The molecule has 0 nitrogen and oxygen atoms in total. The Morgan fingerprint density at radius 3 is 2.50 bits per heavy atom. The highest BCUT2D eigenvalue weighted by Crippen LogP contribution is 1.83. The van der Waals surface area contributed by atoms with Gasteiger partial charge in [-0.1, -0.05) is 18.6 Å². The summed E-state index contributed by atoms with van der Waals surface area (Å²) in [5.74, 6) is 0. The van der Waals surface area contributed by atoms with Crippen molar-refractivity contribution in [3.63, 3.8) is 0 Å². The van der Waals surface area contributed by atoms with Crippen LogP contribution in [0.1, 0.15) is 13.3 Å². The molecular weight excluding hydrogens is 84.4 g/mol. The molecular formula is C5H9Mg. The summed E-state index contributed by atoms with van der Waals surface area (Å²) in [6.45, 7) is 2.05. The van der Waals surface area contributed by atoms with Crippen LogP contribution in [-0.2, 0) is 0 Å². The van der Waals surface area contributed by atoms with Gasteiger partial charge < -0.3 is 0 Å². The molecule has 0 bridgehead atoms. The summed E-state index contributed by atoms with van der Waals surface area (Å²) < 4.78 is 1.30. The average Bonchev–Trinajstić information content (AvgIpc) is 1.61. The molecule has 0 spiro atoms. The first-order chi connectivity index (χ1) is 2.91. The van der Waals surface area contributed by atoms with Crippen molar-refractivity contribution in [2.24, 2.45) is 0 Å². The van der Waals surface area contributed by atoms with Crippen LogP contribution in [0.5, 0.6) is 0 Å². The van der Waals surface area contributed by atoms with Crippen molar-refractivity contribution in [2.45, 2.75) is 17.9 Å². The van der Waals surface area contributed by atoms with Crippen LogP contribution in [0.25, 0.3) is 0 Å². The van der Waals surface area contributed by atoms with E-state index in [1.54, 1.807) is 0 Å². The van der Waals surface area contributed by atoms with E-state index in [1.807, 2.05) is 21.7 Å². The monoisotopic (exact) mass is 93.1 g/mol. The van der Waals surface area contributed by atoms with Gasteiger partial charge in [-0.2, -0.15) is 4.55 Å². The van der Waals surface area contributed by atoms with Crippen LogP contribution < -0.4 is 0 Å². The first-order valence-corrected chi connectivity index (χ1v) is 3.32. The largest absolute Gasteiger partial charge is 0.222 e. The zero-order valence-electron chi connectivity index (χ0n) is 4.28. The van der Waals surface area contributed by atoms with E-state index in [2.05, 4.69) is 19.1 Å². The lowest BCUT2D eigenvalue weighted by atomic mass is 10.4. The number of allylic oxidation sites excluding steroid dienone is 2. The van der Waals surface area contributed by atoms with Crippen LogP contribution in [0, 0.1) is 0 Å². The minimum absolute atomic E-state index is 1.24. The summed E-state index contributed by atoms with van der Waals surface area (Å²) in [5, 5.41) is 0. The second-order valence-corrected chi connectivity index (χ2v) is 1.92. The van der Waals surface area contributed by atoms with Crippen LogP contribution in [0.4, 0.5) is 0 Å². The van der Waals surface area contributed by atoms with Crippen LogP contribution in [-0.4, -0.2) is 21.7 Å². The summed E-state index contributed by atoms with van der Waals surface area (Å²) >= 11 is 2.01. The van der Waals surface area contributed by atoms with Gasteiger partial charge in [0.1, 0.15) is 0 Å². The molecule has 0 N–H and O–H groups in total. The van der Waals surface area contributed by atoms with Crippen molar-refractivity contribution in [3.8, 4) is 0 Å². The molecule has 0 unspecified atom stereocenters. The Hall–Kier alpha value is 0.506. The topological polar surface area (TPSA) is 0 Å².